The zero-order valence-electron chi connectivity index (χ0n) is 14.0. The SMILES string of the molecule is CC(=O)c1nn(CC(=O)O)c2c(C)cc(-c3cnc(C)[nH]c3=O)cc12. The number of carbonyl (C=O) groups is 2. The van der Waals surface area contributed by atoms with Gasteiger partial charge in [0.1, 0.15) is 18.1 Å². The molecule has 2 N–H and O–H groups in total. The van der Waals surface area contributed by atoms with Crippen molar-refractivity contribution in [3.05, 3.63) is 45.8 Å². The van der Waals surface area contributed by atoms with Crippen molar-refractivity contribution in [2.45, 2.75) is 27.3 Å². The highest BCUT2D eigenvalue weighted by Crippen LogP contribution is 2.28. The van der Waals surface area contributed by atoms with Crippen LogP contribution in [-0.2, 0) is 11.3 Å². The number of aryl methyl sites for hydroxylation is 2. The van der Waals surface area contributed by atoms with E-state index in [2.05, 4.69) is 15.1 Å². The van der Waals surface area contributed by atoms with Gasteiger partial charge in [-0.3, -0.25) is 19.1 Å². The lowest BCUT2D eigenvalue weighted by Gasteiger charge is -2.06. The number of aromatic nitrogens is 4. The Labute approximate surface area is 142 Å². The number of benzene rings is 1. The number of aromatic amines is 1. The molecule has 8 heteroatoms. The average molecular weight is 340 g/mol. The molecule has 0 aliphatic rings. The normalized spacial score (nSPS) is 11.0. The molecule has 0 radical (unpaired) electrons. The molecule has 0 fully saturated rings. The fraction of sp³-hybridized carbons (Fsp3) is 0.235. The van der Waals surface area contributed by atoms with Crippen LogP contribution in [-0.4, -0.2) is 36.6 Å². The maximum absolute atomic E-state index is 12.2. The summed E-state index contributed by atoms with van der Waals surface area (Å²) in [5.74, 6) is -0.825. The third kappa shape index (κ3) is 2.93. The third-order valence-corrected chi connectivity index (χ3v) is 3.89. The molecular weight excluding hydrogens is 324 g/mol. The van der Waals surface area contributed by atoms with E-state index in [0.29, 0.717) is 33.4 Å². The predicted molar refractivity (Wildman–Crippen MR) is 90.7 cm³/mol. The van der Waals surface area contributed by atoms with Crippen LogP contribution >= 0.6 is 0 Å². The predicted octanol–water partition coefficient (Wildman–Crippen LogP) is 1.69. The van der Waals surface area contributed by atoms with E-state index in [1.807, 2.05) is 0 Å². The second-order valence-electron chi connectivity index (χ2n) is 5.86. The summed E-state index contributed by atoms with van der Waals surface area (Å²) in [7, 11) is 0. The van der Waals surface area contributed by atoms with E-state index in [0.717, 1.165) is 0 Å². The zero-order chi connectivity index (χ0) is 18.3. The van der Waals surface area contributed by atoms with Crippen molar-refractivity contribution in [2.75, 3.05) is 0 Å². The number of Topliss-reactive ketones (excluding diaryl/α,β-unsaturated/α-hetero) is 1. The molecule has 3 aromatic rings. The molecule has 0 unspecified atom stereocenters. The lowest BCUT2D eigenvalue weighted by Crippen LogP contribution is -2.12. The minimum absolute atomic E-state index is 0.178. The summed E-state index contributed by atoms with van der Waals surface area (Å²) in [6.07, 6.45) is 1.48. The van der Waals surface area contributed by atoms with Gasteiger partial charge in [-0.05, 0) is 37.1 Å². The second kappa shape index (κ2) is 5.97. The second-order valence-corrected chi connectivity index (χ2v) is 5.86. The van der Waals surface area contributed by atoms with Gasteiger partial charge >= 0.3 is 5.97 Å². The largest absolute Gasteiger partial charge is 0.480 e. The Morgan fingerprint density at radius 2 is 2.00 bits per heavy atom. The van der Waals surface area contributed by atoms with Crippen molar-refractivity contribution < 1.29 is 14.7 Å². The molecule has 2 aromatic heterocycles. The number of fused-ring (bicyclic) bond motifs is 1. The van der Waals surface area contributed by atoms with Gasteiger partial charge in [0.15, 0.2) is 5.78 Å². The van der Waals surface area contributed by atoms with Crippen LogP contribution < -0.4 is 5.56 Å². The molecule has 1 aromatic carbocycles. The van der Waals surface area contributed by atoms with Crippen LogP contribution in [0.5, 0.6) is 0 Å². The van der Waals surface area contributed by atoms with Gasteiger partial charge in [-0.2, -0.15) is 5.10 Å². The topological polar surface area (TPSA) is 118 Å². The van der Waals surface area contributed by atoms with Crippen LogP contribution in [0.1, 0.15) is 28.8 Å². The van der Waals surface area contributed by atoms with Crippen molar-refractivity contribution in [3.8, 4) is 11.1 Å². The first-order valence-corrected chi connectivity index (χ1v) is 7.58. The lowest BCUT2D eigenvalue weighted by atomic mass is 10.0. The van der Waals surface area contributed by atoms with Gasteiger partial charge in [0.2, 0.25) is 0 Å². The molecule has 8 nitrogen and oxygen atoms in total. The first kappa shape index (κ1) is 16.6. The molecule has 128 valence electrons. The number of ketones is 1. The number of hydrogen-bond acceptors (Lipinski definition) is 5. The number of nitrogens with one attached hydrogen (secondary N) is 1. The van der Waals surface area contributed by atoms with Crippen molar-refractivity contribution in [1.29, 1.82) is 0 Å². The van der Waals surface area contributed by atoms with Crippen LogP contribution in [0.4, 0.5) is 0 Å². The number of rotatable bonds is 4. The molecule has 0 spiro atoms. The summed E-state index contributed by atoms with van der Waals surface area (Å²) in [4.78, 5) is 41.9. The van der Waals surface area contributed by atoms with Crippen LogP contribution in [0.25, 0.3) is 22.0 Å². The monoisotopic (exact) mass is 340 g/mol. The number of H-pyrrole nitrogens is 1. The molecule has 0 aliphatic carbocycles. The highest BCUT2D eigenvalue weighted by atomic mass is 16.4. The standard InChI is InChI=1S/C17H16N4O4/c1-8-4-11(13-6-18-10(3)19-17(13)25)5-12-15(9(2)22)20-21(16(8)12)7-14(23)24/h4-6H,7H2,1-3H3,(H,23,24)(H,18,19,25). The molecule has 0 aliphatic heterocycles. The minimum atomic E-state index is -1.05. The Morgan fingerprint density at radius 1 is 1.28 bits per heavy atom. The van der Waals surface area contributed by atoms with Crippen molar-refractivity contribution in [3.63, 3.8) is 0 Å². The molecular formula is C17H16N4O4. The molecule has 0 atom stereocenters. The van der Waals surface area contributed by atoms with E-state index < -0.39 is 5.97 Å². The van der Waals surface area contributed by atoms with Crippen LogP contribution in [0.3, 0.4) is 0 Å². The highest BCUT2D eigenvalue weighted by molar-refractivity contribution is 6.06. The molecule has 0 bridgehead atoms. The van der Waals surface area contributed by atoms with Gasteiger partial charge < -0.3 is 10.1 Å². The van der Waals surface area contributed by atoms with Crippen LogP contribution in [0, 0.1) is 13.8 Å². The Balaban J connectivity index is 2.31. The van der Waals surface area contributed by atoms with Crippen molar-refractivity contribution >= 4 is 22.7 Å². The third-order valence-electron chi connectivity index (χ3n) is 3.89. The van der Waals surface area contributed by atoms with Gasteiger partial charge in [-0.15, -0.1) is 0 Å². The number of carbonyl (C=O) groups excluding carboxylic acids is 1. The zero-order valence-corrected chi connectivity index (χ0v) is 14.0. The van der Waals surface area contributed by atoms with Gasteiger partial charge in [0.25, 0.3) is 5.56 Å². The summed E-state index contributed by atoms with van der Waals surface area (Å²) in [6.45, 7) is 4.49. The first-order valence-electron chi connectivity index (χ1n) is 7.58. The van der Waals surface area contributed by atoms with E-state index >= 15 is 0 Å². The number of carboxylic acid groups (broad SMARTS) is 1. The average Bonchev–Trinajstić information content (AvgIpc) is 2.85. The number of nitrogens with zero attached hydrogens (tertiary/aromatic N) is 3. The Morgan fingerprint density at radius 3 is 2.60 bits per heavy atom. The fourth-order valence-corrected chi connectivity index (χ4v) is 2.87. The van der Waals surface area contributed by atoms with Gasteiger partial charge in [-0.1, -0.05) is 0 Å². The maximum atomic E-state index is 12.2. The van der Waals surface area contributed by atoms with E-state index in [1.165, 1.54) is 17.8 Å². The van der Waals surface area contributed by atoms with Crippen LogP contribution in [0.15, 0.2) is 23.1 Å². The van der Waals surface area contributed by atoms with Gasteiger partial charge in [0.05, 0.1) is 11.1 Å². The summed E-state index contributed by atoms with van der Waals surface area (Å²) in [6, 6.07) is 3.43. The van der Waals surface area contributed by atoms with E-state index in [4.69, 9.17) is 5.11 Å². The number of aliphatic carboxylic acids is 1. The van der Waals surface area contributed by atoms with E-state index in [9.17, 15) is 14.4 Å². The molecule has 0 amide bonds. The smallest absolute Gasteiger partial charge is 0.325 e. The fourth-order valence-electron chi connectivity index (χ4n) is 2.87. The van der Waals surface area contributed by atoms with Crippen molar-refractivity contribution in [2.24, 2.45) is 0 Å². The van der Waals surface area contributed by atoms with Crippen molar-refractivity contribution in [1.82, 2.24) is 19.7 Å². The summed E-state index contributed by atoms with van der Waals surface area (Å²) < 4.78 is 1.30. The molecule has 25 heavy (non-hydrogen) atoms. The molecule has 0 saturated heterocycles. The molecule has 3 rings (SSSR count). The summed E-state index contributed by atoms with van der Waals surface area (Å²) in [5.41, 5.74) is 2.14. The quantitative estimate of drug-likeness (QED) is 0.698. The number of carboxylic acids is 1. The summed E-state index contributed by atoms with van der Waals surface area (Å²) >= 11 is 0. The Bertz CT molecular complexity index is 1080. The minimum Gasteiger partial charge on any atom is -0.480 e. The van der Waals surface area contributed by atoms with E-state index in [1.54, 1.807) is 26.0 Å². The first-order chi connectivity index (χ1) is 11.8. The lowest BCUT2D eigenvalue weighted by molar-refractivity contribution is -0.137. The number of hydrogen-bond donors (Lipinski definition) is 2. The maximum Gasteiger partial charge on any atom is 0.325 e. The Hall–Kier alpha value is -3.29. The summed E-state index contributed by atoms with van der Waals surface area (Å²) in [5, 5.41) is 13.7. The Kier molecular flexibility index (Phi) is 3.96. The molecule has 2 heterocycles. The molecule has 0 saturated carbocycles. The highest BCUT2D eigenvalue weighted by Gasteiger charge is 2.19. The van der Waals surface area contributed by atoms with Gasteiger partial charge in [0, 0.05) is 18.5 Å². The van der Waals surface area contributed by atoms with E-state index in [-0.39, 0.29) is 23.6 Å². The van der Waals surface area contributed by atoms with Crippen LogP contribution in [0.2, 0.25) is 0 Å². The van der Waals surface area contributed by atoms with Gasteiger partial charge in [-0.25, -0.2) is 4.98 Å².